The van der Waals surface area contributed by atoms with Crippen LogP contribution in [0.15, 0.2) is 58.8 Å². The lowest BCUT2D eigenvalue weighted by molar-refractivity contribution is 0.143. The van der Waals surface area contributed by atoms with E-state index in [-0.39, 0.29) is 10.6 Å². The van der Waals surface area contributed by atoms with Crippen molar-refractivity contribution in [3.05, 3.63) is 65.1 Å². The summed E-state index contributed by atoms with van der Waals surface area (Å²) >= 11 is -2.56. The van der Waals surface area contributed by atoms with Gasteiger partial charge in [0.1, 0.15) is 5.60 Å². The van der Waals surface area contributed by atoms with Crippen LogP contribution in [0.3, 0.4) is 0 Å². The molecule has 2 N–H and O–H groups in total. The van der Waals surface area contributed by atoms with Crippen molar-refractivity contribution in [3.8, 4) is 11.8 Å². The molecule has 27 heavy (non-hydrogen) atoms. The van der Waals surface area contributed by atoms with E-state index in [1.807, 2.05) is 0 Å². The molecule has 2 rings (SSSR count). The Balaban J connectivity index is 2.15. The van der Waals surface area contributed by atoms with Crippen molar-refractivity contribution in [1.29, 1.82) is 0 Å². The highest BCUT2D eigenvalue weighted by Gasteiger charge is 2.10. The standard InChI is InChI=1S/C19H19NO5S2/c1-19(2,21)13-11-15-7-9-16(10-8-15)12-14-27(24,25)20-17-5-3-4-6-18(17)26(22)23/h3-10,12,14,20-21H,1-2H3,(H,22,23)/p-1/b14-12+. The van der Waals surface area contributed by atoms with Gasteiger partial charge < -0.3 is 9.66 Å². The molecule has 2 aromatic rings. The summed E-state index contributed by atoms with van der Waals surface area (Å²) in [6.45, 7) is 3.16. The van der Waals surface area contributed by atoms with Gasteiger partial charge in [0.05, 0.1) is 11.1 Å². The average molecular weight is 404 g/mol. The molecule has 0 aromatic heterocycles. The van der Waals surface area contributed by atoms with Gasteiger partial charge in [-0.3, -0.25) is 8.93 Å². The second-order valence-electron chi connectivity index (χ2n) is 6.11. The minimum absolute atomic E-state index is 0.0206. The smallest absolute Gasteiger partial charge is 0.255 e. The van der Waals surface area contributed by atoms with Crippen LogP contribution in [0.4, 0.5) is 5.69 Å². The lowest BCUT2D eigenvalue weighted by atomic mass is 10.1. The molecular formula is C19H18NO5S2-. The molecule has 2 aromatic carbocycles. The highest BCUT2D eigenvalue weighted by molar-refractivity contribution is 7.95. The normalized spacial score (nSPS) is 13.0. The lowest BCUT2D eigenvalue weighted by Crippen LogP contribution is -2.14. The van der Waals surface area contributed by atoms with Crippen LogP contribution in [0.2, 0.25) is 0 Å². The zero-order valence-electron chi connectivity index (χ0n) is 14.7. The Hall–Kier alpha value is -2.44. The van der Waals surface area contributed by atoms with Gasteiger partial charge in [-0.15, -0.1) is 0 Å². The van der Waals surface area contributed by atoms with Crippen LogP contribution in [0.5, 0.6) is 0 Å². The number of nitrogens with one attached hydrogen (secondary N) is 1. The van der Waals surface area contributed by atoms with Gasteiger partial charge in [-0.05, 0) is 60.8 Å². The van der Waals surface area contributed by atoms with Gasteiger partial charge in [-0.2, -0.15) is 0 Å². The molecule has 8 heteroatoms. The lowest BCUT2D eigenvalue weighted by Gasteiger charge is -2.12. The summed E-state index contributed by atoms with van der Waals surface area (Å²) in [5, 5.41) is 10.5. The predicted octanol–water partition coefficient (Wildman–Crippen LogP) is 2.46. The van der Waals surface area contributed by atoms with Crippen LogP contribution in [0.25, 0.3) is 6.08 Å². The molecule has 1 unspecified atom stereocenters. The Labute approximate surface area is 161 Å². The van der Waals surface area contributed by atoms with Crippen LogP contribution in [-0.2, 0) is 21.1 Å². The maximum Gasteiger partial charge on any atom is 0.255 e. The van der Waals surface area contributed by atoms with Crippen molar-refractivity contribution >= 4 is 32.9 Å². The third-order valence-corrected chi connectivity index (χ3v) is 4.90. The molecule has 0 aliphatic carbocycles. The predicted molar refractivity (Wildman–Crippen MR) is 105 cm³/mol. The number of benzene rings is 2. The van der Waals surface area contributed by atoms with Gasteiger partial charge in [0.15, 0.2) is 0 Å². The van der Waals surface area contributed by atoms with E-state index in [0.717, 1.165) is 5.41 Å². The topological polar surface area (TPSA) is 107 Å². The molecule has 1 atom stereocenters. The van der Waals surface area contributed by atoms with Crippen LogP contribution >= 0.6 is 0 Å². The Kier molecular flexibility index (Phi) is 6.57. The molecule has 0 saturated carbocycles. The highest BCUT2D eigenvalue weighted by Crippen LogP contribution is 2.20. The highest BCUT2D eigenvalue weighted by atomic mass is 32.2. The first-order valence-corrected chi connectivity index (χ1v) is 10.4. The summed E-state index contributed by atoms with van der Waals surface area (Å²) in [5.41, 5.74) is 0.187. The first-order valence-electron chi connectivity index (χ1n) is 7.80. The van der Waals surface area contributed by atoms with E-state index >= 15 is 0 Å². The summed E-state index contributed by atoms with van der Waals surface area (Å²) in [5.74, 6) is 5.51. The SMILES string of the molecule is CC(C)(O)C#Cc1ccc(/C=C/S(=O)(=O)Nc2ccccc2S(=O)[O-])cc1. The Morgan fingerprint density at radius 1 is 1.15 bits per heavy atom. The molecule has 0 amide bonds. The van der Waals surface area contributed by atoms with Gasteiger partial charge in [-0.25, -0.2) is 8.42 Å². The van der Waals surface area contributed by atoms with Crippen molar-refractivity contribution in [2.75, 3.05) is 4.72 Å². The van der Waals surface area contributed by atoms with E-state index in [1.165, 1.54) is 30.3 Å². The fraction of sp³-hybridized carbons (Fsp3) is 0.158. The molecule has 0 heterocycles. The summed E-state index contributed by atoms with van der Waals surface area (Å²) < 4.78 is 48.9. The van der Waals surface area contributed by atoms with Gasteiger partial charge in [0.2, 0.25) is 0 Å². The first-order chi connectivity index (χ1) is 12.6. The van der Waals surface area contributed by atoms with Crippen molar-refractivity contribution < 1.29 is 22.3 Å². The van der Waals surface area contributed by atoms with Crippen molar-refractivity contribution in [1.82, 2.24) is 0 Å². The molecule has 0 aliphatic rings. The van der Waals surface area contributed by atoms with Gasteiger partial charge in [0, 0.05) is 10.5 Å². The van der Waals surface area contributed by atoms with E-state index in [2.05, 4.69) is 16.6 Å². The Morgan fingerprint density at radius 3 is 2.37 bits per heavy atom. The van der Waals surface area contributed by atoms with Crippen molar-refractivity contribution in [2.24, 2.45) is 0 Å². The quantitative estimate of drug-likeness (QED) is 0.588. The van der Waals surface area contributed by atoms with Gasteiger partial charge in [0.25, 0.3) is 10.0 Å². The monoisotopic (exact) mass is 404 g/mol. The fourth-order valence-corrected chi connectivity index (χ4v) is 3.40. The van der Waals surface area contributed by atoms with E-state index in [1.54, 1.807) is 38.1 Å². The summed E-state index contributed by atoms with van der Waals surface area (Å²) in [4.78, 5) is -0.135. The molecule has 0 aliphatic heterocycles. The number of para-hydroxylation sites is 1. The third-order valence-electron chi connectivity index (χ3n) is 3.18. The van der Waals surface area contributed by atoms with Crippen LogP contribution in [0, 0.1) is 11.8 Å². The average Bonchev–Trinajstić information content (AvgIpc) is 2.58. The number of hydrogen-bond acceptors (Lipinski definition) is 5. The Bertz CT molecular complexity index is 1020. The van der Waals surface area contributed by atoms with E-state index in [0.29, 0.717) is 11.1 Å². The molecule has 142 valence electrons. The van der Waals surface area contributed by atoms with Crippen LogP contribution < -0.4 is 4.72 Å². The maximum absolute atomic E-state index is 12.2. The van der Waals surface area contributed by atoms with Gasteiger partial charge in [-0.1, -0.05) is 36.1 Å². The molecule has 0 spiro atoms. The van der Waals surface area contributed by atoms with E-state index < -0.39 is 26.7 Å². The Morgan fingerprint density at radius 2 is 1.78 bits per heavy atom. The molecule has 6 nitrogen and oxygen atoms in total. The first kappa shape index (κ1) is 20.9. The zero-order valence-corrected chi connectivity index (χ0v) is 16.3. The molecule has 0 fully saturated rings. The second-order valence-corrected chi connectivity index (χ2v) is 8.59. The minimum Gasteiger partial charge on any atom is -0.768 e. The molecule has 0 bridgehead atoms. The van der Waals surface area contributed by atoms with E-state index in [4.69, 9.17) is 0 Å². The van der Waals surface area contributed by atoms with E-state index in [9.17, 15) is 22.3 Å². The third kappa shape index (κ3) is 7.00. The number of sulfonamides is 1. The largest absolute Gasteiger partial charge is 0.768 e. The summed E-state index contributed by atoms with van der Waals surface area (Å²) in [7, 11) is -3.89. The van der Waals surface area contributed by atoms with Crippen LogP contribution in [0.1, 0.15) is 25.0 Å². The maximum atomic E-state index is 12.2. The van der Waals surface area contributed by atoms with Gasteiger partial charge >= 0.3 is 0 Å². The second kappa shape index (κ2) is 8.50. The summed E-state index contributed by atoms with van der Waals surface area (Å²) in [6, 6.07) is 12.5. The number of rotatable bonds is 5. The summed E-state index contributed by atoms with van der Waals surface area (Å²) in [6.07, 6.45) is 1.38. The van der Waals surface area contributed by atoms with Crippen LogP contribution in [-0.4, -0.2) is 27.9 Å². The molecular weight excluding hydrogens is 386 g/mol. The van der Waals surface area contributed by atoms with Crippen molar-refractivity contribution in [3.63, 3.8) is 0 Å². The number of anilines is 1. The number of aliphatic hydroxyl groups is 1. The number of hydrogen-bond donors (Lipinski definition) is 2. The fourth-order valence-electron chi connectivity index (χ4n) is 1.95. The zero-order chi connectivity index (χ0) is 20.1. The minimum atomic E-state index is -3.89. The molecule has 0 radical (unpaired) electrons. The van der Waals surface area contributed by atoms with Crippen molar-refractivity contribution in [2.45, 2.75) is 24.3 Å². The molecule has 0 saturated heterocycles.